The SMILES string of the molecule is CN(C1CCCN(c2ccccc2)C1)S(=O)(=O)c1cccnc1. The van der Waals surface area contributed by atoms with Crippen molar-refractivity contribution in [3.8, 4) is 0 Å². The van der Waals surface area contributed by atoms with Crippen molar-refractivity contribution >= 4 is 15.7 Å². The van der Waals surface area contributed by atoms with Crippen molar-refractivity contribution in [2.75, 3.05) is 25.0 Å². The summed E-state index contributed by atoms with van der Waals surface area (Å²) in [6.45, 7) is 1.67. The number of hydrogen-bond acceptors (Lipinski definition) is 4. The van der Waals surface area contributed by atoms with Crippen LogP contribution in [0.1, 0.15) is 12.8 Å². The summed E-state index contributed by atoms with van der Waals surface area (Å²) in [6, 6.07) is 13.4. The third-order valence-corrected chi connectivity index (χ3v) is 6.24. The van der Waals surface area contributed by atoms with Gasteiger partial charge in [0, 0.05) is 44.3 Å². The molecule has 0 radical (unpaired) electrons. The molecule has 3 rings (SSSR count). The molecule has 1 unspecified atom stereocenters. The van der Waals surface area contributed by atoms with E-state index in [1.807, 2.05) is 18.2 Å². The van der Waals surface area contributed by atoms with Gasteiger partial charge in [0.25, 0.3) is 0 Å². The van der Waals surface area contributed by atoms with Crippen LogP contribution in [0.3, 0.4) is 0 Å². The number of benzene rings is 1. The van der Waals surface area contributed by atoms with Gasteiger partial charge in [-0.25, -0.2) is 8.42 Å². The van der Waals surface area contributed by atoms with E-state index in [0.717, 1.165) is 25.1 Å². The van der Waals surface area contributed by atoms with Crippen LogP contribution in [0, 0.1) is 0 Å². The van der Waals surface area contributed by atoms with Gasteiger partial charge in [0.2, 0.25) is 10.0 Å². The highest BCUT2D eigenvalue weighted by Gasteiger charge is 2.31. The first kappa shape index (κ1) is 16.0. The van der Waals surface area contributed by atoms with Gasteiger partial charge in [-0.2, -0.15) is 4.31 Å². The van der Waals surface area contributed by atoms with Crippen LogP contribution in [0.2, 0.25) is 0 Å². The number of likely N-dealkylation sites (N-methyl/N-ethyl adjacent to an activating group) is 1. The van der Waals surface area contributed by atoms with Crippen LogP contribution in [0.5, 0.6) is 0 Å². The number of para-hydroxylation sites is 1. The number of anilines is 1. The van der Waals surface area contributed by atoms with E-state index in [4.69, 9.17) is 0 Å². The van der Waals surface area contributed by atoms with Crippen LogP contribution in [0.4, 0.5) is 5.69 Å². The monoisotopic (exact) mass is 331 g/mol. The van der Waals surface area contributed by atoms with Crippen LogP contribution in [-0.2, 0) is 10.0 Å². The van der Waals surface area contributed by atoms with Gasteiger partial charge in [-0.1, -0.05) is 18.2 Å². The van der Waals surface area contributed by atoms with E-state index in [2.05, 4.69) is 22.0 Å². The molecule has 2 aromatic rings. The van der Waals surface area contributed by atoms with E-state index in [-0.39, 0.29) is 10.9 Å². The summed E-state index contributed by atoms with van der Waals surface area (Å²) in [6.07, 6.45) is 4.84. The molecule has 0 saturated carbocycles. The topological polar surface area (TPSA) is 53.5 Å². The highest BCUT2D eigenvalue weighted by molar-refractivity contribution is 7.89. The molecular weight excluding hydrogens is 310 g/mol. The van der Waals surface area contributed by atoms with Gasteiger partial charge in [0.05, 0.1) is 0 Å². The molecule has 0 aliphatic carbocycles. The lowest BCUT2D eigenvalue weighted by atomic mass is 10.1. The quantitative estimate of drug-likeness (QED) is 0.863. The second-order valence-corrected chi connectivity index (χ2v) is 7.79. The summed E-state index contributed by atoms with van der Waals surface area (Å²) in [4.78, 5) is 6.43. The normalized spacial score (nSPS) is 19.0. The maximum Gasteiger partial charge on any atom is 0.244 e. The van der Waals surface area contributed by atoms with Crippen molar-refractivity contribution in [1.82, 2.24) is 9.29 Å². The van der Waals surface area contributed by atoms with Crippen molar-refractivity contribution in [3.63, 3.8) is 0 Å². The first-order valence-electron chi connectivity index (χ1n) is 7.77. The van der Waals surface area contributed by atoms with Gasteiger partial charge < -0.3 is 4.90 Å². The van der Waals surface area contributed by atoms with Crippen molar-refractivity contribution in [2.45, 2.75) is 23.8 Å². The van der Waals surface area contributed by atoms with Crippen molar-refractivity contribution in [3.05, 3.63) is 54.9 Å². The van der Waals surface area contributed by atoms with Gasteiger partial charge >= 0.3 is 0 Å². The molecule has 1 fully saturated rings. The minimum Gasteiger partial charge on any atom is -0.370 e. The molecule has 1 atom stereocenters. The van der Waals surface area contributed by atoms with Crippen LogP contribution in [0.15, 0.2) is 59.8 Å². The molecule has 1 aromatic heterocycles. The fraction of sp³-hybridized carbons (Fsp3) is 0.353. The van der Waals surface area contributed by atoms with E-state index in [9.17, 15) is 8.42 Å². The smallest absolute Gasteiger partial charge is 0.244 e. The highest BCUT2D eigenvalue weighted by atomic mass is 32.2. The predicted octanol–water partition coefficient (Wildman–Crippen LogP) is 2.37. The Balaban J connectivity index is 1.78. The Bertz CT molecular complexity index is 735. The highest BCUT2D eigenvalue weighted by Crippen LogP contribution is 2.25. The van der Waals surface area contributed by atoms with Gasteiger partial charge in [-0.3, -0.25) is 4.98 Å². The van der Waals surface area contributed by atoms with Crippen LogP contribution >= 0.6 is 0 Å². The van der Waals surface area contributed by atoms with E-state index in [1.165, 1.54) is 10.5 Å². The lowest BCUT2D eigenvalue weighted by Crippen LogP contribution is -2.48. The fourth-order valence-corrected chi connectivity index (χ4v) is 4.33. The van der Waals surface area contributed by atoms with E-state index in [1.54, 1.807) is 25.4 Å². The molecule has 0 bridgehead atoms. The molecule has 0 spiro atoms. The maximum absolute atomic E-state index is 12.7. The van der Waals surface area contributed by atoms with Crippen LogP contribution < -0.4 is 4.90 Å². The van der Waals surface area contributed by atoms with Gasteiger partial charge in [-0.15, -0.1) is 0 Å². The van der Waals surface area contributed by atoms with Gasteiger partial charge in [0.1, 0.15) is 4.90 Å². The second-order valence-electron chi connectivity index (χ2n) is 5.79. The Morgan fingerprint density at radius 2 is 1.96 bits per heavy atom. The Kier molecular flexibility index (Phi) is 4.63. The van der Waals surface area contributed by atoms with Crippen molar-refractivity contribution in [1.29, 1.82) is 0 Å². The average Bonchev–Trinajstić information content (AvgIpc) is 2.62. The second kappa shape index (κ2) is 6.68. The summed E-state index contributed by atoms with van der Waals surface area (Å²) in [5, 5.41) is 0. The van der Waals surface area contributed by atoms with E-state index < -0.39 is 10.0 Å². The molecule has 1 aromatic carbocycles. The predicted molar refractivity (Wildman–Crippen MR) is 90.9 cm³/mol. The summed E-state index contributed by atoms with van der Waals surface area (Å²) in [5.74, 6) is 0. The molecule has 122 valence electrons. The van der Waals surface area contributed by atoms with Crippen molar-refractivity contribution in [2.24, 2.45) is 0 Å². The van der Waals surface area contributed by atoms with Crippen molar-refractivity contribution < 1.29 is 8.42 Å². The van der Waals surface area contributed by atoms with E-state index in [0.29, 0.717) is 6.54 Å². The number of nitrogens with zero attached hydrogens (tertiary/aromatic N) is 3. The number of sulfonamides is 1. The molecule has 1 aliphatic heterocycles. The number of piperidine rings is 1. The minimum absolute atomic E-state index is 0.0332. The third-order valence-electron chi connectivity index (χ3n) is 4.34. The Morgan fingerprint density at radius 3 is 2.65 bits per heavy atom. The average molecular weight is 331 g/mol. The van der Waals surface area contributed by atoms with Gasteiger partial charge in [0.15, 0.2) is 0 Å². The Labute approximate surface area is 137 Å². The third kappa shape index (κ3) is 3.38. The molecule has 2 heterocycles. The molecule has 6 heteroatoms. The fourth-order valence-electron chi connectivity index (χ4n) is 2.99. The molecule has 5 nitrogen and oxygen atoms in total. The zero-order valence-electron chi connectivity index (χ0n) is 13.2. The van der Waals surface area contributed by atoms with Crippen LogP contribution in [-0.4, -0.2) is 43.9 Å². The summed E-state index contributed by atoms with van der Waals surface area (Å²) in [5.41, 5.74) is 1.14. The minimum atomic E-state index is -3.50. The zero-order valence-corrected chi connectivity index (χ0v) is 14.0. The van der Waals surface area contributed by atoms with Gasteiger partial charge in [-0.05, 0) is 37.1 Å². The summed E-state index contributed by atoms with van der Waals surface area (Å²) in [7, 11) is -1.83. The number of hydrogen-bond donors (Lipinski definition) is 0. The lowest BCUT2D eigenvalue weighted by molar-refractivity contribution is 0.320. The Morgan fingerprint density at radius 1 is 1.17 bits per heavy atom. The Hall–Kier alpha value is -1.92. The number of pyridine rings is 1. The zero-order chi connectivity index (χ0) is 16.3. The largest absolute Gasteiger partial charge is 0.370 e. The summed E-state index contributed by atoms with van der Waals surface area (Å²) >= 11 is 0. The number of aromatic nitrogens is 1. The molecule has 1 aliphatic rings. The first-order chi connectivity index (χ1) is 11.1. The molecule has 1 saturated heterocycles. The molecule has 23 heavy (non-hydrogen) atoms. The van der Waals surface area contributed by atoms with E-state index >= 15 is 0 Å². The molecule has 0 amide bonds. The molecule has 0 N–H and O–H groups in total. The number of rotatable bonds is 4. The first-order valence-corrected chi connectivity index (χ1v) is 9.21. The van der Waals surface area contributed by atoms with Crippen LogP contribution in [0.25, 0.3) is 0 Å². The summed E-state index contributed by atoms with van der Waals surface area (Å²) < 4.78 is 27.0. The lowest BCUT2D eigenvalue weighted by Gasteiger charge is -2.38. The molecular formula is C17H21N3O2S. The standard InChI is InChI=1S/C17H21N3O2S/c1-19(23(21,22)17-10-5-11-18-13-17)16-9-6-12-20(14-16)15-7-3-2-4-8-15/h2-5,7-8,10-11,13,16H,6,9,12,14H2,1H3. The maximum atomic E-state index is 12.7.